The summed E-state index contributed by atoms with van der Waals surface area (Å²) in [6, 6.07) is 0. The molecule has 14 heavy (non-hydrogen) atoms. The van der Waals surface area contributed by atoms with Crippen LogP contribution in [0.1, 0.15) is 5.82 Å². The number of aromatic nitrogens is 4. The van der Waals surface area contributed by atoms with Crippen LogP contribution in [0.5, 0.6) is 0 Å². The van der Waals surface area contributed by atoms with Crippen molar-refractivity contribution in [1.82, 2.24) is 19.7 Å². The van der Waals surface area contributed by atoms with Gasteiger partial charge < -0.3 is 10.2 Å². The second-order valence-electron chi connectivity index (χ2n) is 2.67. The van der Waals surface area contributed by atoms with Gasteiger partial charge in [0.15, 0.2) is 6.39 Å². The van der Waals surface area contributed by atoms with Gasteiger partial charge in [-0.2, -0.15) is 4.98 Å². The lowest BCUT2D eigenvalue weighted by atomic mass is 10.6. The largest absolute Gasteiger partial charge is 0.428 e. The Labute approximate surface area is 79.9 Å². The minimum Gasteiger partial charge on any atom is -0.428 e. The van der Waals surface area contributed by atoms with Gasteiger partial charge in [0.2, 0.25) is 11.8 Å². The molecule has 0 aliphatic carbocycles. The molecule has 2 aromatic rings. The number of aryl methyl sites for hydroxylation is 1. The summed E-state index contributed by atoms with van der Waals surface area (Å²) >= 11 is 0. The SMILES string of the molecule is Cn1nc(Nc2cnco2)nc1CN. The van der Waals surface area contributed by atoms with E-state index in [1.54, 1.807) is 17.9 Å². The Morgan fingerprint density at radius 2 is 2.50 bits per heavy atom. The van der Waals surface area contributed by atoms with Gasteiger partial charge in [-0.1, -0.05) is 0 Å². The van der Waals surface area contributed by atoms with Crippen LogP contribution in [0, 0.1) is 0 Å². The summed E-state index contributed by atoms with van der Waals surface area (Å²) in [5.41, 5.74) is 5.45. The van der Waals surface area contributed by atoms with E-state index in [0.29, 0.717) is 24.2 Å². The van der Waals surface area contributed by atoms with E-state index in [4.69, 9.17) is 10.2 Å². The summed E-state index contributed by atoms with van der Waals surface area (Å²) in [7, 11) is 1.78. The number of nitrogens with zero attached hydrogens (tertiary/aromatic N) is 4. The number of nitrogens with one attached hydrogen (secondary N) is 1. The van der Waals surface area contributed by atoms with Crippen molar-refractivity contribution in [2.45, 2.75) is 6.54 Å². The van der Waals surface area contributed by atoms with Gasteiger partial charge in [0.05, 0.1) is 12.7 Å². The average Bonchev–Trinajstić information content (AvgIpc) is 2.76. The molecular weight excluding hydrogens is 184 g/mol. The fourth-order valence-corrected chi connectivity index (χ4v) is 1.04. The van der Waals surface area contributed by atoms with E-state index >= 15 is 0 Å². The molecule has 0 amide bonds. The fraction of sp³-hybridized carbons (Fsp3) is 0.286. The molecule has 0 bridgehead atoms. The molecular formula is C7H10N6O. The van der Waals surface area contributed by atoms with Gasteiger partial charge in [0, 0.05) is 7.05 Å². The van der Waals surface area contributed by atoms with Crippen molar-refractivity contribution in [2.75, 3.05) is 5.32 Å². The number of anilines is 2. The van der Waals surface area contributed by atoms with E-state index < -0.39 is 0 Å². The molecule has 0 atom stereocenters. The van der Waals surface area contributed by atoms with E-state index in [9.17, 15) is 0 Å². The monoisotopic (exact) mass is 194 g/mol. The molecule has 74 valence electrons. The molecule has 0 aromatic carbocycles. The highest BCUT2D eigenvalue weighted by atomic mass is 16.4. The Morgan fingerprint density at radius 3 is 3.07 bits per heavy atom. The van der Waals surface area contributed by atoms with Crippen molar-refractivity contribution in [3.63, 3.8) is 0 Å². The maximum Gasteiger partial charge on any atom is 0.249 e. The smallest absolute Gasteiger partial charge is 0.249 e. The number of rotatable bonds is 3. The average molecular weight is 194 g/mol. The number of hydrogen-bond acceptors (Lipinski definition) is 6. The molecule has 7 nitrogen and oxygen atoms in total. The van der Waals surface area contributed by atoms with Crippen molar-refractivity contribution in [1.29, 1.82) is 0 Å². The zero-order chi connectivity index (χ0) is 9.97. The molecule has 7 heteroatoms. The van der Waals surface area contributed by atoms with E-state index in [0.717, 1.165) is 0 Å². The molecule has 0 aliphatic heterocycles. The van der Waals surface area contributed by atoms with Crippen molar-refractivity contribution in [2.24, 2.45) is 12.8 Å². The number of oxazole rings is 1. The van der Waals surface area contributed by atoms with Crippen molar-refractivity contribution in [3.05, 3.63) is 18.4 Å². The van der Waals surface area contributed by atoms with Gasteiger partial charge in [0.1, 0.15) is 5.82 Å². The highest BCUT2D eigenvalue weighted by molar-refractivity contribution is 5.42. The molecule has 0 aliphatic rings. The Bertz CT molecular complexity index is 406. The minimum absolute atomic E-state index is 0.349. The minimum atomic E-state index is 0.349. The topological polar surface area (TPSA) is 94.8 Å². The molecule has 0 radical (unpaired) electrons. The second kappa shape index (κ2) is 3.46. The Morgan fingerprint density at radius 1 is 1.64 bits per heavy atom. The highest BCUT2D eigenvalue weighted by Crippen LogP contribution is 2.11. The molecule has 2 aromatic heterocycles. The zero-order valence-corrected chi connectivity index (χ0v) is 7.64. The molecule has 0 fully saturated rings. The lowest BCUT2D eigenvalue weighted by molar-refractivity contribution is 0.573. The van der Waals surface area contributed by atoms with Crippen molar-refractivity contribution >= 4 is 11.8 Å². The number of nitrogens with two attached hydrogens (primary N) is 1. The van der Waals surface area contributed by atoms with E-state index in [-0.39, 0.29) is 0 Å². The van der Waals surface area contributed by atoms with Crippen molar-refractivity contribution in [3.8, 4) is 0 Å². The lowest BCUT2D eigenvalue weighted by Gasteiger charge is -1.92. The molecule has 2 heterocycles. The quantitative estimate of drug-likeness (QED) is 0.714. The van der Waals surface area contributed by atoms with Crippen molar-refractivity contribution < 1.29 is 4.42 Å². The first-order chi connectivity index (χ1) is 6.79. The van der Waals surface area contributed by atoms with E-state index in [1.165, 1.54) is 6.39 Å². The van der Waals surface area contributed by atoms with Crippen LogP contribution in [0.3, 0.4) is 0 Å². The molecule has 0 spiro atoms. The summed E-state index contributed by atoms with van der Waals surface area (Å²) in [4.78, 5) is 7.88. The van der Waals surface area contributed by atoms with Crippen LogP contribution in [-0.2, 0) is 13.6 Å². The number of hydrogen-bond donors (Lipinski definition) is 2. The normalized spacial score (nSPS) is 10.4. The summed E-state index contributed by atoms with van der Waals surface area (Å²) in [6.45, 7) is 0.349. The predicted octanol–water partition coefficient (Wildman–Crippen LogP) is 0.00540. The molecule has 0 unspecified atom stereocenters. The summed E-state index contributed by atoms with van der Waals surface area (Å²) in [6.07, 6.45) is 2.87. The van der Waals surface area contributed by atoms with Gasteiger partial charge in [-0.3, -0.25) is 5.32 Å². The third-order valence-corrected chi connectivity index (χ3v) is 1.70. The second-order valence-corrected chi connectivity index (χ2v) is 2.67. The van der Waals surface area contributed by atoms with Crippen LogP contribution in [0.4, 0.5) is 11.8 Å². The molecule has 0 saturated heterocycles. The van der Waals surface area contributed by atoms with Gasteiger partial charge in [-0.25, -0.2) is 9.67 Å². The standard InChI is InChI=1S/C7H10N6O/c1-13-5(2-8)10-7(12-13)11-6-3-9-4-14-6/h3-4H,2,8H2,1H3,(H,11,12). The summed E-state index contributed by atoms with van der Waals surface area (Å²) in [5, 5.41) is 6.93. The first-order valence-electron chi connectivity index (χ1n) is 4.05. The Balaban J connectivity index is 2.17. The predicted molar refractivity (Wildman–Crippen MR) is 48.7 cm³/mol. The van der Waals surface area contributed by atoms with Crippen LogP contribution in [0.25, 0.3) is 0 Å². The first kappa shape index (κ1) is 8.70. The Kier molecular flexibility index (Phi) is 2.15. The zero-order valence-electron chi connectivity index (χ0n) is 7.64. The maximum absolute atomic E-state index is 5.45. The fourth-order valence-electron chi connectivity index (χ4n) is 1.04. The van der Waals surface area contributed by atoms with Crippen LogP contribution in [0.15, 0.2) is 17.0 Å². The first-order valence-corrected chi connectivity index (χ1v) is 4.05. The van der Waals surface area contributed by atoms with Crippen LogP contribution in [-0.4, -0.2) is 19.7 Å². The van der Waals surface area contributed by atoms with Gasteiger partial charge in [0.25, 0.3) is 0 Å². The van der Waals surface area contributed by atoms with Gasteiger partial charge >= 0.3 is 0 Å². The third kappa shape index (κ3) is 1.57. The van der Waals surface area contributed by atoms with E-state index in [1.807, 2.05) is 0 Å². The summed E-state index contributed by atoms with van der Waals surface area (Å²) in [5.74, 6) is 1.65. The Hall–Kier alpha value is -1.89. The molecule has 3 N–H and O–H groups in total. The lowest BCUT2D eigenvalue weighted by Crippen LogP contribution is -2.05. The van der Waals surface area contributed by atoms with Crippen LogP contribution >= 0.6 is 0 Å². The molecule has 0 saturated carbocycles. The van der Waals surface area contributed by atoms with Gasteiger partial charge in [-0.15, -0.1) is 5.10 Å². The molecule has 2 rings (SSSR count). The van der Waals surface area contributed by atoms with E-state index in [2.05, 4.69) is 20.4 Å². The van der Waals surface area contributed by atoms with Gasteiger partial charge in [-0.05, 0) is 0 Å². The summed E-state index contributed by atoms with van der Waals surface area (Å²) < 4.78 is 6.59. The van der Waals surface area contributed by atoms with Crippen LogP contribution in [0.2, 0.25) is 0 Å². The third-order valence-electron chi connectivity index (χ3n) is 1.70. The maximum atomic E-state index is 5.45. The van der Waals surface area contributed by atoms with Crippen LogP contribution < -0.4 is 11.1 Å². The highest BCUT2D eigenvalue weighted by Gasteiger charge is 2.06.